The lowest BCUT2D eigenvalue weighted by Crippen LogP contribution is -2.32. The standard InChI is InChI=1S/C21H21NO2/c1-21(2,3)24-20(23)22-12-6-7-15-10-11-19-17(13-15)14-16-8-4-5-9-18(16)19/h4-5,8-11,13H,12,14H2,1-3H3,(H,22,23). The predicted molar refractivity (Wildman–Crippen MR) is 95.8 cm³/mol. The summed E-state index contributed by atoms with van der Waals surface area (Å²) in [5, 5.41) is 2.64. The summed E-state index contributed by atoms with van der Waals surface area (Å²) >= 11 is 0. The maximum absolute atomic E-state index is 11.5. The van der Waals surface area contributed by atoms with Crippen molar-refractivity contribution >= 4 is 6.09 Å². The van der Waals surface area contributed by atoms with E-state index in [2.05, 4.69) is 53.6 Å². The van der Waals surface area contributed by atoms with E-state index < -0.39 is 11.7 Å². The van der Waals surface area contributed by atoms with Crippen LogP contribution in [0, 0.1) is 11.8 Å². The molecule has 0 fully saturated rings. The van der Waals surface area contributed by atoms with Crippen LogP contribution in [0.15, 0.2) is 42.5 Å². The van der Waals surface area contributed by atoms with Crippen molar-refractivity contribution in [2.45, 2.75) is 32.8 Å². The van der Waals surface area contributed by atoms with Crippen LogP contribution in [0.4, 0.5) is 4.79 Å². The molecule has 0 spiro atoms. The van der Waals surface area contributed by atoms with Gasteiger partial charge in [-0.05, 0) is 61.6 Å². The number of benzene rings is 2. The van der Waals surface area contributed by atoms with E-state index in [-0.39, 0.29) is 6.54 Å². The minimum Gasteiger partial charge on any atom is -0.444 e. The number of amides is 1. The van der Waals surface area contributed by atoms with Gasteiger partial charge in [-0.3, -0.25) is 0 Å². The quantitative estimate of drug-likeness (QED) is 0.685. The monoisotopic (exact) mass is 319 g/mol. The number of fused-ring (bicyclic) bond motifs is 3. The zero-order valence-corrected chi connectivity index (χ0v) is 14.3. The van der Waals surface area contributed by atoms with Crippen LogP contribution in [0.2, 0.25) is 0 Å². The lowest BCUT2D eigenvalue weighted by molar-refractivity contribution is 0.0535. The molecule has 0 aromatic heterocycles. The summed E-state index contributed by atoms with van der Waals surface area (Å²) in [7, 11) is 0. The van der Waals surface area contributed by atoms with Gasteiger partial charge in [0.2, 0.25) is 0 Å². The summed E-state index contributed by atoms with van der Waals surface area (Å²) < 4.78 is 5.17. The van der Waals surface area contributed by atoms with Gasteiger partial charge in [0.1, 0.15) is 5.60 Å². The third-order valence-corrected chi connectivity index (χ3v) is 3.75. The van der Waals surface area contributed by atoms with Gasteiger partial charge in [0.15, 0.2) is 0 Å². The lowest BCUT2D eigenvalue weighted by Gasteiger charge is -2.19. The third-order valence-electron chi connectivity index (χ3n) is 3.75. The molecule has 1 amide bonds. The molecule has 122 valence electrons. The molecule has 3 nitrogen and oxygen atoms in total. The van der Waals surface area contributed by atoms with Crippen LogP contribution in [0.1, 0.15) is 37.5 Å². The molecule has 0 radical (unpaired) electrons. The zero-order chi connectivity index (χ0) is 17.2. The fourth-order valence-corrected chi connectivity index (χ4v) is 2.80. The third kappa shape index (κ3) is 3.78. The van der Waals surface area contributed by atoms with Crippen molar-refractivity contribution in [3.05, 3.63) is 59.2 Å². The van der Waals surface area contributed by atoms with E-state index in [1.54, 1.807) is 0 Å². The van der Waals surface area contributed by atoms with Crippen molar-refractivity contribution in [1.29, 1.82) is 0 Å². The average Bonchev–Trinajstić information content (AvgIpc) is 2.87. The van der Waals surface area contributed by atoms with Gasteiger partial charge in [0, 0.05) is 5.56 Å². The molecule has 1 N–H and O–H groups in total. The van der Waals surface area contributed by atoms with E-state index in [1.807, 2.05) is 26.8 Å². The second-order valence-electron chi connectivity index (χ2n) is 6.86. The normalized spacial score (nSPS) is 11.8. The van der Waals surface area contributed by atoms with Gasteiger partial charge < -0.3 is 10.1 Å². The van der Waals surface area contributed by atoms with Crippen LogP contribution in [-0.4, -0.2) is 18.2 Å². The topological polar surface area (TPSA) is 38.3 Å². The number of hydrogen-bond acceptors (Lipinski definition) is 2. The Kier molecular flexibility index (Phi) is 4.31. The fourth-order valence-electron chi connectivity index (χ4n) is 2.80. The Morgan fingerprint density at radius 2 is 1.88 bits per heavy atom. The predicted octanol–water partition coefficient (Wildman–Crippen LogP) is 4.13. The van der Waals surface area contributed by atoms with E-state index in [4.69, 9.17) is 4.74 Å². The molecule has 2 aromatic carbocycles. The molecule has 1 aliphatic carbocycles. The van der Waals surface area contributed by atoms with Gasteiger partial charge in [0.05, 0.1) is 6.54 Å². The number of carbonyl (C=O) groups excluding carboxylic acids is 1. The van der Waals surface area contributed by atoms with Crippen LogP contribution >= 0.6 is 0 Å². The number of ether oxygens (including phenoxy) is 1. The molecule has 24 heavy (non-hydrogen) atoms. The number of carbonyl (C=O) groups is 1. The van der Waals surface area contributed by atoms with Gasteiger partial charge >= 0.3 is 6.09 Å². The van der Waals surface area contributed by atoms with Crippen molar-refractivity contribution in [2.24, 2.45) is 0 Å². The molecule has 0 saturated carbocycles. The Morgan fingerprint density at radius 1 is 1.12 bits per heavy atom. The maximum Gasteiger partial charge on any atom is 0.408 e. The summed E-state index contributed by atoms with van der Waals surface area (Å²) in [5.74, 6) is 6.07. The summed E-state index contributed by atoms with van der Waals surface area (Å²) in [4.78, 5) is 11.5. The minimum atomic E-state index is -0.494. The molecule has 0 saturated heterocycles. The van der Waals surface area contributed by atoms with Crippen LogP contribution in [0.3, 0.4) is 0 Å². The molecule has 0 heterocycles. The first-order valence-electron chi connectivity index (χ1n) is 8.09. The molecular formula is C21H21NO2. The molecular weight excluding hydrogens is 298 g/mol. The van der Waals surface area contributed by atoms with Crippen LogP contribution in [0.5, 0.6) is 0 Å². The molecule has 3 rings (SSSR count). The highest BCUT2D eigenvalue weighted by Crippen LogP contribution is 2.36. The summed E-state index contributed by atoms with van der Waals surface area (Å²) in [6.45, 7) is 5.77. The Hall–Kier alpha value is -2.73. The molecule has 0 bridgehead atoms. The first-order valence-corrected chi connectivity index (χ1v) is 8.09. The lowest BCUT2D eigenvalue weighted by atomic mass is 10.0. The van der Waals surface area contributed by atoms with Crippen LogP contribution in [-0.2, 0) is 11.2 Å². The summed E-state index contributed by atoms with van der Waals surface area (Å²) in [6, 6.07) is 14.8. The Balaban J connectivity index is 1.63. The van der Waals surface area contributed by atoms with Gasteiger partial charge in [-0.1, -0.05) is 42.2 Å². The van der Waals surface area contributed by atoms with Crippen LogP contribution < -0.4 is 5.32 Å². The highest BCUT2D eigenvalue weighted by Gasteiger charge is 2.17. The SMILES string of the molecule is CC(C)(C)OC(=O)NCC#Cc1ccc2c(c1)Cc1ccccc1-2. The second-order valence-corrected chi connectivity index (χ2v) is 6.86. The van der Waals surface area contributed by atoms with Crippen molar-refractivity contribution in [1.82, 2.24) is 5.32 Å². The van der Waals surface area contributed by atoms with Gasteiger partial charge in [-0.15, -0.1) is 0 Å². The Labute approximate surface area is 143 Å². The van der Waals surface area contributed by atoms with Gasteiger partial charge in [0.25, 0.3) is 0 Å². The van der Waals surface area contributed by atoms with Gasteiger partial charge in [-0.2, -0.15) is 0 Å². The second kappa shape index (κ2) is 6.41. The van der Waals surface area contributed by atoms with Crippen molar-refractivity contribution in [2.75, 3.05) is 6.54 Å². The first-order chi connectivity index (χ1) is 11.4. The largest absolute Gasteiger partial charge is 0.444 e. The number of nitrogens with one attached hydrogen (secondary N) is 1. The fraction of sp³-hybridized carbons (Fsp3) is 0.286. The number of rotatable bonds is 1. The molecule has 0 unspecified atom stereocenters. The highest BCUT2D eigenvalue weighted by molar-refractivity contribution is 5.77. The highest BCUT2D eigenvalue weighted by atomic mass is 16.6. The van der Waals surface area contributed by atoms with E-state index in [1.165, 1.54) is 22.3 Å². The maximum atomic E-state index is 11.5. The Bertz CT molecular complexity index is 835. The first kappa shape index (κ1) is 16.1. The average molecular weight is 319 g/mol. The van der Waals surface area contributed by atoms with Crippen molar-refractivity contribution in [3.8, 4) is 23.0 Å². The zero-order valence-electron chi connectivity index (χ0n) is 14.3. The number of alkyl carbamates (subject to hydrolysis) is 1. The minimum absolute atomic E-state index is 0.270. The smallest absolute Gasteiger partial charge is 0.408 e. The molecule has 1 aliphatic rings. The van der Waals surface area contributed by atoms with Crippen molar-refractivity contribution in [3.63, 3.8) is 0 Å². The van der Waals surface area contributed by atoms with E-state index in [0.717, 1.165) is 12.0 Å². The molecule has 2 aromatic rings. The van der Waals surface area contributed by atoms with E-state index in [9.17, 15) is 4.79 Å². The van der Waals surface area contributed by atoms with E-state index >= 15 is 0 Å². The van der Waals surface area contributed by atoms with Crippen molar-refractivity contribution < 1.29 is 9.53 Å². The van der Waals surface area contributed by atoms with E-state index in [0.29, 0.717) is 0 Å². The molecule has 3 heteroatoms. The summed E-state index contributed by atoms with van der Waals surface area (Å²) in [6.07, 6.45) is 0.512. The Morgan fingerprint density at radius 3 is 2.67 bits per heavy atom. The summed E-state index contributed by atoms with van der Waals surface area (Å²) in [5.41, 5.74) is 5.76. The van der Waals surface area contributed by atoms with Gasteiger partial charge in [-0.25, -0.2) is 4.79 Å². The molecule has 0 aliphatic heterocycles. The number of hydrogen-bond donors (Lipinski definition) is 1. The van der Waals surface area contributed by atoms with Crippen LogP contribution in [0.25, 0.3) is 11.1 Å². The molecule has 0 atom stereocenters.